The SMILES string of the molecule is Cc1cccc(CNc2nc(Cl)nc(-n3ccnc3)n2)n1. The molecule has 0 saturated heterocycles. The van der Waals surface area contributed by atoms with Crippen molar-refractivity contribution in [3.05, 3.63) is 53.6 Å². The van der Waals surface area contributed by atoms with Crippen molar-refractivity contribution in [2.24, 2.45) is 0 Å². The van der Waals surface area contributed by atoms with Crippen molar-refractivity contribution in [2.75, 3.05) is 5.32 Å². The molecule has 0 aliphatic carbocycles. The minimum Gasteiger partial charge on any atom is -0.348 e. The van der Waals surface area contributed by atoms with E-state index in [1.54, 1.807) is 23.3 Å². The van der Waals surface area contributed by atoms with Crippen LogP contribution < -0.4 is 5.32 Å². The number of rotatable bonds is 4. The van der Waals surface area contributed by atoms with Gasteiger partial charge in [0.25, 0.3) is 0 Å². The quantitative estimate of drug-likeness (QED) is 0.794. The zero-order valence-corrected chi connectivity index (χ0v) is 12.0. The molecule has 0 aliphatic heterocycles. The second-order valence-electron chi connectivity index (χ2n) is 4.32. The molecule has 0 saturated carbocycles. The molecule has 3 aromatic rings. The molecule has 3 heterocycles. The summed E-state index contributed by atoms with van der Waals surface area (Å²) in [4.78, 5) is 20.8. The van der Waals surface area contributed by atoms with E-state index in [-0.39, 0.29) is 5.28 Å². The zero-order valence-electron chi connectivity index (χ0n) is 11.2. The normalized spacial score (nSPS) is 10.6. The maximum atomic E-state index is 5.92. The predicted octanol–water partition coefficient (Wildman–Crippen LogP) is 2.03. The largest absolute Gasteiger partial charge is 0.348 e. The standard InChI is InChI=1S/C13H12ClN7/c1-9-3-2-4-10(17-9)7-16-12-18-11(14)19-13(20-12)21-6-5-15-8-21/h2-6,8H,7H2,1H3,(H,16,18,19,20). The van der Waals surface area contributed by atoms with Crippen LogP contribution in [0.15, 0.2) is 36.9 Å². The molecule has 0 bridgehead atoms. The van der Waals surface area contributed by atoms with Crippen molar-refractivity contribution in [3.63, 3.8) is 0 Å². The maximum Gasteiger partial charge on any atom is 0.241 e. The summed E-state index contributed by atoms with van der Waals surface area (Å²) in [6.07, 6.45) is 4.97. The topological polar surface area (TPSA) is 81.4 Å². The third kappa shape index (κ3) is 3.32. The first-order chi connectivity index (χ1) is 10.2. The first kappa shape index (κ1) is 13.4. The fourth-order valence-electron chi connectivity index (χ4n) is 1.78. The Morgan fingerprint density at radius 3 is 2.86 bits per heavy atom. The third-order valence-electron chi connectivity index (χ3n) is 2.71. The van der Waals surface area contributed by atoms with Gasteiger partial charge >= 0.3 is 0 Å². The number of hydrogen-bond donors (Lipinski definition) is 1. The monoisotopic (exact) mass is 301 g/mol. The molecule has 8 heteroatoms. The number of imidazole rings is 1. The second-order valence-corrected chi connectivity index (χ2v) is 4.66. The molecule has 0 aromatic carbocycles. The molecule has 106 valence electrons. The molecule has 0 radical (unpaired) electrons. The lowest BCUT2D eigenvalue weighted by Crippen LogP contribution is -2.09. The fraction of sp³-hybridized carbons (Fsp3) is 0.154. The molecule has 0 amide bonds. The van der Waals surface area contributed by atoms with Crippen LogP contribution in [0.4, 0.5) is 5.95 Å². The molecule has 0 atom stereocenters. The number of nitrogens with zero attached hydrogens (tertiary/aromatic N) is 6. The average Bonchev–Trinajstić information content (AvgIpc) is 2.99. The Labute approximate surface area is 126 Å². The van der Waals surface area contributed by atoms with Crippen LogP contribution in [-0.2, 0) is 6.54 Å². The highest BCUT2D eigenvalue weighted by atomic mass is 35.5. The van der Waals surface area contributed by atoms with Crippen molar-refractivity contribution < 1.29 is 0 Å². The molecule has 0 unspecified atom stereocenters. The number of anilines is 1. The number of hydrogen-bond acceptors (Lipinski definition) is 6. The van der Waals surface area contributed by atoms with Crippen LogP contribution in [-0.4, -0.2) is 29.5 Å². The van der Waals surface area contributed by atoms with E-state index in [2.05, 4.69) is 30.2 Å². The molecule has 0 aliphatic rings. The summed E-state index contributed by atoms with van der Waals surface area (Å²) in [7, 11) is 0. The molecule has 7 nitrogen and oxygen atoms in total. The molecule has 3 aromatic heterocycles. The zero-order chi connectivity index (χ0) is 14.7. The van der Waals surface area contributed by atoms with Gasteiger partial charge in [0.05, 0.1) is 12.2 Å². The number of aromatic nitrogens is 6. The summed E-state index contributed by atoms with van der Waals surface area (Å²) < 4.78 is 1.66. The fourth-order valence-corrected chi connectivity index (χ4v) is 1.93. The lowest BCUT2D eigenvalue weighted by atomic mass is 10.3. The van der Waals surface area contributed by atoms with Gasteiger partial charge < -0.3 is 5.32 Å². The van der Waals surface area contributed by atoms with Crippen molar-refractivity contribution in [3.8, 4) is 5.95 Å². The van der Waals surface area contributed by atoms with Crippen molar-refractivity contribution in [2.45, 2.75) is 13.5 Å². The Bertz CT molecular complexity index is 742. The summed E-state index contributed by atoms with van der Waals surface area (Å²) in [5.74, 6) is 0.800. The molecular formula is C13H12ClN7. The van der Waals surface area contributed by atoms with Crippen LogP contribution in [0.2, 0.25) is 5.28 Å². The van der Waals surface area contributed by atoms with Crippen molar-refractivity contribution in [1.29, 1.82) is 0 Å². The van der Waals surface area contributed by atoms with E-state index >= 15 is 0 Å². The van der Waals surface area contributed by atoms with Gasteiger partial charge in [-0.2, -0.15) is 15.0 Å². The Balaban J connectivity index is 1.79. The molecular weight excluding hydrogens is 290 g/mol. The average molecular weight is 302 g/mol. The van der Waals surface area contributed by atoms with Crippen LogP contribution in [0.25, 0.3) is 5.95 Å². The van der Waals surface area contributed by atoms with Gasteiger partial charge in [-0.05, 0) is 30.7 Å². The van der Waals surface area contributed by atoms with Gasteiger partial charge in [0.2, 0.25) is 17.2 Å². The van der Waals surface area contributed by atoms with Crippen molar-refractivity contribution in [1.82, 2.24) is 29.5 Å². The maximum absolute atomic E-state index is 5.92. The van der Waals surface area contributed by atoms with Crippen molar-refractivity contribution >= 4 is 17.5 Å². The van der Waals surface area contributed by atoms with Crippen LogP contribution in [0.3, 0.4) is 0 Å². The molecule has 1 N–H and O–H groups in total. The van der Waals surface area contributed by atoms with Crippen LogP contribution >= 0.6 is 11.6 Å². The van der Waals surface area contributed by atoms with Gasteiger partial charge in [0.1, 0.15) is 6.33 Å². The van der Waals surface area contributed by atoms with E-state index in [9.17, 15) is 0 Å². The van der Waals surface area contributed by atoms with Gasteiger partial charge in [0.15, 0.2) is 0 Å². The van der Waals surface area contributed by atoms with E-state index in [0.717, 1.165) is 11.4 Å². The molecule has 0 spiro atoms. The summed E-state index contributed by atoms with van der Waals surface area (Å²) in [5.41, 5.74) is 1.86. The number of halogens is 1. The highest BCUT2D eigenvalue weighted by molar-refractivity contribution is 6.28. The van der Waals surface area contributed by atoms with Crippen LogP contribution in [0.5, 0.6) is 0 Å². The summed E-state index contributed by atoms with van der Waals surface area (Å²) in [5, 5.41) is 3.21. The number of nitrogens with one attached hydrogen (secondary N) is 1. The molecule has 0 fully saturated rings. The third-order valence-corrected chi connectivity index (χ3v) is 2.87. The molecule has 21 heavy (non-hydrogen) atoms. The Morgan fingerprint density at radius 1 is 1.19 bits per heavy atom. The second kappa shape index (κ2) is 5.84. The van der Waals surface area contributed by atoms with E-state index in [1.165, 1.54) is 0 Å². The van der Waals surface area contributed by atoms with Crippen LogP contribution in [0.1, 0.15) is 11.4 Å². The van der Waals surface area contributed by atoms with Gasteiger partial charge in [-0.3, -0.25) is 9.55 Å². The highest BCUT2D eigenvalue weighted by Crippen LogP contribution is 2.10. The lowest BCUT2D eigenvalue weighted by Gasteiger charge is -2.07. The summed E-state index contributed by atoms with van der Waals surface area (Å²) >= 11 is 5.92. The Morgan fingerprint density at radius 2 is 2.10 bits per heavy atom. The lowest BCUT2D eigenvalue weighted by molar-refractivity contribution is 0.883. The van der Waals surface area contributed by atoms with E-state index < -0.39 is 0 Å². The van der Waals surface area contributed by atoms with Gasteiger partial charge in [-0.25, -0.2) is 4.98 Å². The van der Waals surface area contributed by atoms with E-state index in [4.69, 9.17) is 11.6 Å². The Hall–Kier alpha value is -2.54. The minimum atomic E-state index is 0.119. The molecule has 3 rings (SSSR count). The van der Waals surface area contributed by atoms with Gasteiger partial charge in [-0.15, -0.1) is 0 Å². The number of pyridine rings is 1. The van der Waals surface area contributed by atoms with Gasteiger partial charge in [0, 0.05) is 18.1 Å². The van der Waals surface area contributed by atoms with Gasteiger partial charge in [-0.1, -0.05) is 6.07 Å². The van der Waals surface area contributed by atoms with E-state index in [0.29, 0.717) is 18.4 Å². The summed E-state index contributed by atoms with van der Waals surface area (Å²) in [6, 6.07) is 5.83. The summed E-state index contributed by atoms with van der Waals surface area (Å²) in [6.45, 7) is 2.45. The Kier molecular flexibility index (Phi) is 3.74. The van der Waals surface area contributed by atoms with Crippen LogP contribution in [0, 0.1) is 6.92 Å². The first-order valence-corrected chi connectivity index (χ1v) is 6.65. The highest BCUT2D eigenvalue weighted by Gasteiger charge is 2.06. The smallest absolute Gasteiger partial charge is 0.241 e. The van der Waals surface area contributed by atoms with E-state index in [1.807, 2.05) is 25.1 Å². The predicted molar refractivity (Wildman–Crippen MR) is 78.3 cm³/mol. The first-order valence-electron chi connectivity index (χ1n) is 6.27. The number of aryl methyl sites for hydroxylation is 1. The minimum absolute atomic E-state index is 0.119.